The largest absolute Gasteiger partial charge is 0.477 e. The lowest BCUT2D eigenvalue weighted by atomic mass is 10.1. The van der Waals surface area contributed by atoms with Crippen molar-refractivity contribution in [3.8, 4) is 17.1 Å². The maximum atomic E-state index is 12.7. The molecule has 3 heterocycles. The number of rotatable bonds is 5. The summed E-state index contributed by atoms with van der Waals surface area (Å²) in [5.74, 6) is 0.198. The number of pyridine rings is 2. The fourth-order valence-corrected chi connectivity index (χ4v) is 3.18. The number of carbonyl (C=O) groups is 2. The van der Waals surface area contributed by atoms with Gasteiger partial charge in [0.2, 0.25) is 5.88 Å². The zero-order valence-corrected chi connectivity index (χ0v) is 17.8. The second-order valence-corrected chi connectivity index (χ2v) is 8.08. The standard InChI is InChI=1S/C22H28N4O4/c1-5-29-20-16(8-7-12-23-20)17-9-6-10-18(25-17)19(27)24-15-11-13-26(14-15)21(28)30-22(2,3)4/h6-10,12,15H,5,11,13-14H2,1-4H3,(H,24,27). The Morgan fingerprint density at radius 3 is 2.77 bits per heavy atom. The summed E-state index contributed by atoms with van der Waals surface area (Å²) in [6.07, 6.45) is 1.96. The van der Waals surface area contributed by atoms with Crippen LogP contribution in [-0.4, -0.2) is 58.2 Å². The molecular weight excluding hydrogens is 384 g/mol. The number of amides is 2. The van der Waals surface area contributed by atoms with E-state index in [1.54, 1.807) is 29.3 Å². The molecule has 0 saturated carbocycles. The Balaban J connectivity index is 1.66. The number of ether oxygens (including phenoxy) is 2. The third-order valence-corrected chi connectivity index (χ3v) is 4.49. The van der Waals surface area contributed by atoms with Crippen LogP contribution in [0.5, 0.6) is 5.88 Å². The van der Waals surface area contributed by atoms with Gasteiger partial charge in [-0.3, -0.25) is 4.79 Å². The van der Waals surface area contributed by atoms with Gasteiger partial charge in [-0.2, -0.15) is 0 Å². The Morgan fingerprint density at radius 2 is 2.03 bits per heavy atom. The van der Waals surface area contributed by atoms with Gasteiger partial charge in [0.05, 0.1) is 17.9 Å². The van der Waals surface area contributed by atoms with Crippen LogP contribution in [-0.2, 0) is 4.74 Å². The van der Waals surface area contributed by atoms with Gasteiger partial charge in [0.25, 0.3) is 5.91 Å². The second kappa shape index (κ2) is 9.11. The van der Waals surface area contributed by atoms with E-state index in [-0.39, 0.29) is 18.0 Å². The molecule has 1 N–H and O–H groups in total. The lowest BCUT2D eigenvalue weighted by Crippen LogP contribution is -2.40. The molecule has 0 radical (unpaired) electrons. The van der Waals surface area contributed by atoms with Crippen molar-refractivity contribution in [2.24, 2.45) is 0 Å². The van der Waals surface area contributed by atoms with Gasteiger partial charge in [-0.15, -0.1) is 0 Å². The average Bonchev–Trinajstić information content (AvgIpc) is 3.16. The number of nitrogens with zero attached hydrogens (tertiary/aromatic N) is 3. The van der Waals surface area contributed by atoms with Crippen LogP contribution in [0, 0.1) is 0 Å². The molecule has 160 valence electrons. The van der Waals surface area contributed by atoms with E-state index in [0.717, 1.165) is 5.56 Å². The smallest absolute Gasteiger partial charge is 0.410 e. The molecule has 0 aliphatic carbocycles. The lowest BCUT2D eigenvalue weighted by molar-refractivity contribution is 0.0290. The first-order chi connectivity index (χ1) is 14.3. The fourth-order valence-electron chi connectivity index (χ4n) is 3.18. The molecule has 1 aliphatic rings. The van der Waals surface area contributed by atoms with Crippen molar-refractivity contribution in [3.05, 3.63) is 42.2 Å². The lowest BCUT2D eigenvalue weighted by Gasteiger charge is -2.24. The molecule has 3 rings (SSSR count). The minimum Gasteiger partial charge on any atom is -0.477 e. The summed E-state index contributed by atoms with van der Waals surface area (Å²) in [6.45, 7) is 8.82. The molecule has 1 saturated heterocycles. The maximum Gasteiger partial charge on any atom is 0.410 e. The van der Waals surface area contributed by atoms with E-state index in [1.807, 2.05) is 39.8 Å². The first-order valence-corrected chi connectivity index (χ1v) is 10.1. The van der Waals surface area contributed by atoms with E-state index in [4.69, 9.17) is 9.47 Å². The van der Waals surface area contributed by atoms with Crippen molar-refractivity contribution in [1.29, 1.82) is 0 Å². The number of hydrogen-bond donors (Lipinski definition) is 1. The fraction of sp³-hybridized carbons (Fsp3) is 0.455. The molecule has 0 bridgehead atoms. The number of likely N-dealkylation sites (tertiary alicyclic amines) is 1. The van der Waals surface area contributed by atoms with Gasteiger partial charge in [0, 0.05) is 25.3 Å². The highest BCUT2D eigenvalue weighted by Crippen LogP contribution is 2.26. The second-order valence-electron chi connectivity index (χ2n) is 8.08. The number of nitrogens with one attached hydrogen (secondary N) is 1. The molecular formula is C22H28N4O4. The highest BCUT2D eigenvalue weighted by Gasteiger charge is 2.30. The molecule has 1 atom stereocenters. The summed E-state index contributed by atoms with van der Waals surface area (Å²) >= 11 is 0. The topological polar surface area (TPSA) is 93.7 Å². The molecule has 1 aliphatic heterocycles. The zero-order chi connectivity index (χ0) is 21.7. The van der Waals surface area contributed by atoms with E-state index in [1.165, 1.54) is 0 Å². The molecule has 2 aromatic heterocycles. The predicted molar refractivity (Wildman–Crippen MR) is 112 cm³/mol. The van der Waals surface area contributed by atoms with Crippen molar-refractivity contribution < 1.29 is 19.1 Å². The summed E-state index contributed by atoms with van der Waals surface area (Å²) in [7, 11) is 0. The summed E-state index contributed by atoms with van der Waals surface area (Å²) < 4.78 is 11.0. The first kappa shape index (κ1) is 21.5. The van der Waals surface area contributed by atoms with E-state index in [2.05, 4.69) is 15.3 Å². The molecule has 0 aromatic carbocycles. The quantitative estimate of drug-likeness (QED) is 0.810. The van der Waals surface area contributed by atoms with Crippen LogP contribution in [0.25, 0.3) is 11.3 Å². The van der Waals surface area contributed by atoms with Crippen LogP contribution in [0.4, 0.5) is 4.79 Å². The van der Waals surface area contributed by atoms with Crippen molar-refractivity contribution >= 4 is 12.0 Å². The van der Waals surface area contributed by atoms with Gasteiger partial charge < -0.3 is 19.7 Å². The summed E-state index contributed by atoms with van der Waals surface area (Å²) in [6, 6.07) is 8.77. The minimum atomic E-state index is -0.546. The molecule has 2 amide bonds. The number of aromatic nitrogens is 2. The van der Waals surface area contributed by atoms with E-state index in [9.17, 15) is 9.59 Å². The zero-order valence-electron chi connectivity index (χ0n) is 17.8. The molecule has 8 heteroatoms. The summed E-state index contributed by atoms with van der Waals surface area (Å²) in [5, 5.41) is 2.96. The third-order valence-electron chi connectivity index (χ3n) is 4.49. The molecule has 1 fully saturated rings. The van der Waals surface area contributed by atoms with E-state index in [0.29, 0.717) is 43.4 Å². The van der Waals surface area contributed by atoms with Crippen LogP contribution < -0.4 is 10.1 Å². The Kier molecular flexibility index (Phi) is 6.54. The van der Waals surface area contributed by atoms with Gasteiger partial charge in [-0.1, -0.05) is 6.07 Å². The maximum absolute atomic E-state index is 12.7. The Hall–Kier alpha value is -3.16. The van der Waals surface area contributed by atoms with Gasteiger partial charge in [0.15, 0.2) is 0 Å². The summed E-state index contributed by atoms with van der Waals surface area (Å²) in [4.78, 5) is 35.3. The van der Waals surface area contributed by atoms with E-state index >= 15 is 0 Å². The number of hydrogen-bond acceptors (Lipinski definition) is 6. The van der Waals surface area contributed by atoms with Gasteiger partial charge in [0.1, 0.15) is 11.3 Å². The van der Waals surface area contributed by atoms with Crippen molar-refractivity contribution in [3.63, 3.8) is 0 Å². The monoisotopic (exact) mass is 412 g/mol. The van der Waals surface area contributed by atoms with Gasteiger partial charge in [-0.25, -0.2) is 14.8 Å². The first-order valence-electron chi connectivity index (χ1n) is 10.1. The average molecular weight is 412 g/mol. The normalized spacial score (nSPS) is 16.3. The molecule has 1 unspecified atom stereocenters. The van der Waals surface area contributed by atoms with Crippen LogP contribution in [0.2, 0.25) is 0 Å². The molecule has 30 heavy (non-hydrogen) atoms. The van der Waals surface area contributed by atoms with Crippen LogP contribution in [0.1, 0.15) is 44.6 Å². The van der Waals surface area contributed by atoms with Crippen LogP contribution >= 0.6 is 0 Å². The SMILES string of the molecule is CCOc1ncccc1-c1cccc(C(=O)NC2CCN(C(=O)OC(C)(C)C)C2)n1. The van der Waals surface area contributed by atoms with Crippen molar-refractivity contribution in [1.82, 2.24) is 20.2 Å². The highest BCUT2D eigenvalue weighted by atomic mass is 16.6. The molecule has 2 aromatic rings. The van der Waals surface area contributed by atoms with Crippen molar-refractivity contribution in [2.45, 2.75) is 45.8 Å². The summed E-state index contributed by atoms with van der Waals surface area (Å²) in [5.41, 5.74) is 1.09. The highest BCUT2D eigenvalue weighted by molar-refractivity contribution is 5.93. The predicted octanol–water partition coefficient (Wildman–Crippen LogP) is 3.28. The molecule has 0 spiro atoms. The van der Waals surface area contributed by atoms with Crippen molar-refractivity contribution in [2.75, 3.05) is 19.7 Å². The Morgan fingerprint density at radius 1 is 1.23 bits per heavy atom. The van der Waals surface area contributed by atoms with Crippen LogP contribution in [0.3, 0.4) is 0 Å². The minimum absolute atomic E-state index is 0.146. The molecule has 8 nitrogen and oxygen atoms in total. The Bertz CT molecular complexity index is 910. The van der Waals surface area contributed by atoms with E-state index < -0.39 is 5.60 Å². The number of carbonyl (C=O) groups excluding carboxylic acids is 2. The van der Waals surface area contributed by atoms with Gasteiger partial charge >= 0.3 is 6.09 Å². The third kappa shape index (κ3) is 5.46. The Labute approximate surface area is 176 Å². The van der Waals surface area contributed by atoms with Crippen LogP contribution in [0.15, 0.2) is 36.5 Å². The van der Waals surface area contributed by atoms with Gasteiger partial charge in [-0.05, 0) is 58.4 Å².